The number of unbranched alkanes of at least 4 members (excludes halogenated alkanes) is 13. The van der Waals surface area contributed by atoms with Gasteiger partial charge < -0.3 is 47.4 Å². The highest BCUT2D eigenvalue weighted by Gasteiger charge is 2.02. The molecule has 0 saturated heterocycles. The van der Waals surface area contributed by atoms with Crippen molar-refractivity contribution in [1.82, 2.24) is 0 Å². The molecule has 0 heterocycles. The summed E-state index contributed by atoms with van der Waals surface area (Å²) in [6, 6.07) is 0. The van der Waals surface area contributed by atoms with Crippen molar-refractivity contribution in [3.05, 3.63) is 0 Å². The zero-order valence-corrected chi connectivity index (χ0v) is 31.7. The molecule has 0 aliphatic carbocycles. The van der Waals surface area contributed by atoms with Crippen LogP contribution in [0.25, 0.3) is 0 Å². The summed E-state index contributed by atoms with van der Waals surface area (Å²) in [4.78, 5) is 11.6. The maximum atomic E-state index is 11.6. The van der Waals surface area contributed by atoms with Crippen LogP contribution >= 0.6 is 0 Å². The summed E-state index contributed by atoms with van der Waals surface area (Å²) in [5.41, 5.74) is 0. The third-order valence-corrected chi connectivity index (χ3v) is 7.59. The number of esters is 1. The Morgan fingerprint density at radius 3 is 0.857 bits per heavy atom. The maximum Gasteiger partial charge on any atom is 0.305 e. The Labute approximate surface area is 300 Å². The van der Waals surface area contributed by atoms with E-state index in [1.165, 1.54) is 64.2 Å². The molecule has 0 unspecified atom stereocenters. The van der Waals surface area contributed by atoms with Crippen molar-refractivity contribution in [3.8, 4) is 0 Å². The summed E-state index contributed by atoms with van der Waals surface area (Å²) in [6.45, 7) is 14.4. The molecule has 0 saturated carbocycles. The second-order valence-electron chi connectivity index (χ2n) is 12.1. The first-order valence-corrected chi connectivity index (χ1v) is 19.7. The monoisotopic (exact) mass is 709 g/mol. The molecule has 0 rings (SSSR count). The van der Waals surface area contributed by atoms with E-state index < -0.39 is 0 Å². The molecule has 0 aromatic rings. The van der Waals surface area contributed by atoms with Crippen LogP contribution < -0.4 is 0 Å². The second kappa shape index (κ2) is 45.1. The van der Waals surface area contributed by atoms with E-state index in [1.54, 1.807) is 0 Å². The molecular weight excluding hydrogens is 632 g/mol. The van der Waals surface area contributed by atoms with Gasteiger partial charge in [-0.2, -0.15) is 0 Å². The van der Waals surface area contributed by atoms with Gasteiger partial charge in [-0.15, -0.1) is 0 Å². The highest BCUT2D eigenvalue weighted by molar-refractivity contribution is 5.69. The molecule has 0 spiro atoms. The quantitative estimate of drug-likeness (QED) is 0.0484. The SMILES string of the molecule is CCCCCCCCCCCCCOCCOCCOCCOCCOCCOCCOCCOCCOCCOC(=O)CCCCCC. The van der Waals surface area contributed by atoms with Gasteiger partial charge in [0.25, 0.3) is 0 Å². The molecule has 0 fully saturated rings. The molecule has 0 amide bonds. The number of carbonyl (C=O) groups is 1. The van der Waals surface area contributed by atoms with E-state index >= 15 is 0 Å². The van der Waals surface area contributed by atoms with E-state index in [2.05, 4.69) is 13.8 Å². The second-order valence-corrected chi connectivity index (χ2v) is 12.1. The number of ether oxygens (including phenoxy) is 10. The molecule has 294 valence electrons. The molecule has 49 heavy (non-hydrogen) atoms. The summed E-state index contributed by atoms with van der Waals surface area (Å²) in [5, 5.41) is 0. The van der Waals surface area contributed by atoms with Gasteiger partial charge in [-0.25, -0.2) is 0 Å². The zero-order valence-electron chi connectivity index (χ0n) is 31.7. The fourth-order valence-electron chi connectivity index (χ4n) is 4.71. The predicted molar refractivity (Wildman–Crippen MR) is 194 cm³/mol. The minimum Gasteiger partial charge on any atom is -0.463 e. The fourth-order valence-corrected chi connectivity index (χ4v) is 4.71. The van der Waals surface area contributed by atoms with Gasteiger partial charge >= 0.3 is 5.97 Å². The number of carbonyl (C=O) groups excluding carboxylic acids is 1. The van der Waals surface area contributed by atoms with E-state index in [0.717, 1.165) is 38.7 Å². The van der Waals surface area contributed by atoms with E-state index in [0.29, 0.717) is 119 Å². The van der Waals surface area contributed by atoms with Gasteiger partial charge in [0.15, 0.2) is 0 Å². The van der Waals surface area contributed by atoms with Crippen LogP contribution in [0.1, 0.15) is 117 Å². The van der Waals surface area contributed by atoms with Gasteiger partial charge in [-0.3, -0.25) is 4.79 Å². The van der Waals surface area contributed by atoms with Gasteiger partial charge in [0.1, 0.15) is 6.61 Å². The highest BCUT2D eigenvalue weighted by Crippen LogP contribution is 2.11. The van der Waals surface area contributed by atoms with Crippen molar-refractivity contribution < 1.29 is 52.2 Å². The topological polar surface area (TPSA) is 109 Å². The Kier molecular flexibility index (Phi) is 44.3. The van der Waals surface area contributed by atoms with E-state index in [-0.39, 0.29) is 12.6 Å². The molecule has 0 N–H and O–H groups in total. The van der Waals surface area contributed by atoms with Crippen molar-refractivity contribution in [2.75, 3.05) is 126 Å². The molecule has 0 bridgehead atoms. The number of hydrogen-bond acceptors (Lipinski definition) is 11. The van der Waals surface area contributed by atoms with Gasteiger partial charge in [-0.05, 0) is 12.8 Å². The lowest BCUT2D eigenvalue weighted by Crippen LogP contribution is -2.15. The Morgan fingerprint density at radius 1 is 0.286 bits per heavy atom. The lowest BCUT2D eigenvalue weighted by Gasteiger charge is -2.09. The van der Waals surface area contributed by atoms with Crippen LogP contribution in [0.5, 0.6) is 0 Å². The van der Waals surface area contributed by atoms with Crippen LogP contribution in [0.4, 0.5) is 0 Å². The molecule has 0 aliphatic heterocycles. The number of rotatable bonds is 44. The van der Waals surface area contributed by atoms with E-state index in [1.807, 2.05) is 0 Å². The van der Waals surface area contributed by atoms with Crippen LogP contribution in [0, 0.1) is 0 Å². The minimum absolute atomic E-state index is 0.147. The molecule has 0 radical (unpaired) electrons. The van der Waals surface area contributed by atoms with E-state index in [9.17, 15) is 4.79 Å². The van der Waals surface area contributed by atoms with Crippen molar-refractivity contribution in [2.45, 2.75) is 117 Å². The number of hydrogen-bond donors (Lipinski definition) is 0. The summed E-state index contributed by atoms with van der Waals surface area (Å²) < 4.78 is 54.7. The van der Waals surface area contributed by atoms with Gasteiger partial charge in [0, 0.05) is 13.0 Å². The van der Waals surface area contributed by atoms with Crippen molar-refractivity contribution >= 4 is 5.97 Å². The van der Waals surface area contributed by atoms with Crippen LogP contribution in [0.15, 0.2) is 0 Å². The van der Waals surface area contributed by atoms with Gasteiger partial charge in [0.05, 0.1) is 112 Å². The first kappa shape index (κ1) is 48.1. The van der Waals surface area contributed by atoms with Crippen molar-refractivity contribution in [1.29, 1.82) is 0 Å². The standard InChI is InChI=1S/C38H76O11/c1-3-5-7-9-10-11-12-13-14-15-17-19-40-20-21-41-22-23-42-24-25-43-26-27-44-28-29-45-30-31-46-32-33-47-34-35-48-36-37-49-38(39)18-16-8-6-4-2/h3-37H2,1-2H3. The maximum absolute atomic E-state index is 11.6. The first-order chi connectivity index (χ1) is 24.3. The molecule has 0 atom stereocenters. The average Bonchev–Trinajstić information content (AvgIpc) is 3.11. The third-order valence-electron chi connectivity index (χ3n) is 7.59. The molecular formula is C38H76O11. The smallest absolute Gasteiger partial charge is 0.305 e. The van der Waals surface area contributed by atoms with Gasteiger partial charge in [0.2, 0.25) is 0 Å². The summed E-state index contributed by atoms with van der Waals surface area (Å²) in [6.07, 6.45) is 19.6. The third kappa shape index (κ3) is 45.1. The first-order valence-electron chi connectivity index (χ1n) is 19.7. The average molecular weight is 709 g/mol. The van der Waals surface area contributed by atoms with Crippen LogP contribution in [0.2, 0.25) is 0 Å². The minimum atomic E-state index is -0.147. The lowest BCUT2D eigenvalue weighted by atomic mass is 10.1. The molecule has 0 aromatic heterocycles. The summed E-state index contributed by atoms with van der Waals surface area (Å²) >= 11 is 0. The lowest BCUT2D eigenvalue weighted by molar-refractivity contribution is -0.145. The van der Waals surface area contributed by atoms with Crippen LogP contribution in [-0.4, -0.2) is 132 Å². The molecule has 11 heteroatoms. The largest absolute Gasteiger partial charge is 0.463 e. The van der Waals surface area contributed by atoms with Crippen LogP contribution in [0.3, 0.4) is 0 Å². The van der Waals surface area contributed by atoms with Crippen molar-refractivity contribution in [3.63, 3.8) is 0 Å². The molecule has 0 aromatic carbocycles. The van der Waals surface area contributed by atoms with Gasteiger partial charge in [-0.1, -0.05) is 97.3 Å². The Hall–Kier alpha value is -0.890. The zero-order chi connectivity index (χ0) is 35.4. The van der Waals surface area contributed by atoms with Crippen LogP contribution in [-0.2, 0) is 52.2 Å². The Bertz CT molecular complexity index is 612. The van der Waals surface area contributed by atoms with E-state index in [4.69, 9.17) is 47.4 Å². The normalized spacial score (nSPS) is 11.5. The Morgan fingerprint density at radius 2 is 0.531 bits per heavy atom. The summed E-state index contributed by atoms with van der Waals surface area (Å²) in [7, 11) is 0. The Balaban J connectivity index is 3.08. The highest BCUT2D eigenvalue weighted by atomic mass is 16.6. The molecule has 11 nitrogen and oxygen atoms in total. The fraction of sp³-hybridized carbons (Fsp3) is 0.974. The van der Waals surface area contributed by atoms with Crippen molar-refractivity contribution in [2.24, 2.45) is 0 Å². The summed E-state index contributed by atoms with van der Waals surface area (Å²) in [5.74, 6) is -0.147. The predicted octanol–water partition coefficient (Wildman–Crippen LogP) is 6.96. The molecule has 0 aliphatic rings.